The van der Waals surface area contributed by atoms with Crippen LogP contribution in [0.25, 0.3) is 0 Å². The molecule has 0 saturated heterocycles. The molecule has 1 aromatic carbocycles. The topological polar surface area (TPSA) is 44.1 Å². The molecule has 0 saturated carbocycles. The molecule has 0 aromatic heterocycles. The van der Waals surface area contributed by atoms with Crippen molar-refractivity contribution in [2.75, 3.05) is 13.6 Å². The summed E-state index contributed by atoms with van der Waals surface area (Å²) in [6, 6.07) is 5.52. The first-order valence-corrected chi connectivity index (χ1v) is 5.53. The number of hydrogen-bond acceptors (Lipinski definition) is 2. The fourth-order valence-electron chi connectivity index (χ4n) is 1.03. The number of nitrogens with zero attached hydrogens (tertiary/aromatic N) is 2. The third-order valence-electron chi connectivity index (χ3n) is 1.98. The number of rotatable bonds is 3. The van der Waals surface area contributed by atoms with Crippen LogP contribution >= 0.6 is 0 Å². The van der Waals surface area contributed by atoms with E-state index in [-0.39, 0.29) is 5.56 Å². The van der Waals surface area contributed by atoms with Gasteiger partial charge in [0.2, 0.25) is 0 Å². The van der Waals surface area contributed by atoms with Crippen molar-refractivity contribution in [2.24, 2.45) is 0 Å². The highest BCUT2D eigenvalue weighted by Gasteiger charge is 2.13. The maximum Gasteiger partial charge on any atom is 0.128 e. The van der Waals surface area contributed by atoms with Crippen molar-refractivity contribution >= 4 is 11.0 Å². The second-order valence-corrected chi connectivity index (χ2v) is 4.51. The van der Waals surface area contributed by atoms with Crippen LogP contribution < -0.4 is 0 Å². The van der Waals surface area contributed by atoms with Gasteiger partial charge in [-0.05, 0) is 18.2 Å². The monoisotopic (exact) mass is 226 g/mol. The molecule has 1 unspecified atom stereocenters. The van der Waals surface area contributed by atoms with Crippen LogP contribution in [0.2, 0.25) is 0 Å². The molecule has 0 aliphatic rings. The summed E-state index contributed by atoms with van der Waals surface area (Å²) in [4.78, 5) is 0.350. The van der Waals surface area contributed by atoms with Crippen LogP contribution in [0.3, 0.4) is 0 Å². The molecule has 0 N–H and O–H groups in total. The third-order valence-corrected chi connectivity index (χ3v) is 3.54. The standard InChI is InChI=1S/C10H11FN2OS/c1-3-13(2)15(14)10-5-4-9(11)6-8(10)7-12/h4-6H,3H2,1-2H3. The van der Waals surface area contributed by atoms with Crippen LogP contribution in [0.5, 0.6) is 0 Å². The zero-order valence-corrected chi connectivity index (χ0v) is 9.34. The first kappa shape index (κ1) is 11.8. The Hall–Kier alpha value is -1.25. The van der Waals surface area contributed by atoms with E-state index in [1.807, 2.05) is 13.0 Å². The highest BCUT2D eigenvalue weighted by molar-refractivity contribution is 7.82. The zero-order chi connectivity index (χ0) is 11.4. The minimum absolute atomic E-state index is 0.119. The van der Waals surface area contributed by atoms with Crippen molar-refractivity contribution in [1.82, 2.24) is 4.31 Å². The summed E-state index contributed by atoms with van der Waals surface area (Å²) in [5, 5.41) is 8.78. The van der Waals surface area contributed by atoms with Gasteiger partial charge in [-0.1, -0.05) is 6.92 Å². The highest BCUT2D eigenvalue weighted by Crippen LogP contribution is 2.16. The summed E-state index contributed by atoms with van der Waals surface area (Å²) in [7, 11) is 0.277. The van der Waals surface area contributed by atoms with E-state index in [4.69, 9.17) is 5.26 Å². The molecular formula is C10H11FN2OS. The zero-order valence-electron chi connectivity index (χ0n) is 8.53. The Kier molecular flexibility index (Phi) is 3.95. The number of benzene rings is 1. The Morgan fingerprint density at radius 3 is 2.80 bits per heavy atom. The summed E-state index contributed by atoms with van der Waals surface area (Å²) < 4.78 is 26.2. The second kappa shape index (κ2) is 5.01. The van der Waals surface area contributed by atoms with Gasteiger partial charge in [0.25, 0.3) is 0 Å². The van der Waals surface area contributed by atoms with Crippen LogP contribution in [-0.4, -0.2) is 22.1 Å². The molecule has 3 nitrogen and oxygen atoms in total. The normalized spacial score (nSPS) is 12.5. The van der Waals surface area contributed by atoms with Crippen molar-refractivity contribution in [1.29, 1.82) is 5.26 Å². The van der Waals surface area contributed by atoms with Gasteiger partial charge in [0.15, 0.2) is 0 Å². The van der Waals surface area contributed by atoms with E-state index in [0.29, 0.717) is 11.4 Å². The van der Waals surface area contributed by atoms with E-state index < -0.39 is 16.8 Å². The lowest BCUT2D eigenvalue weighted by Crippen LogP contribution is -2.21. The molecule has 1 atom stereocenters. The fraction of sp³-hybridized carbons (Fsp3) is 0.300. The lowest BCUT2D eigenvalue weighted by Gasteiger charge is -2.13. The Labute approximate surface area is 90.7 Å². The van der Waals surface area contributed by atoms with Gasteiger partial charge >= 0.3 is 0 Å². The van der Waals surface area contributed by atoms with E-state index in [1.165, 1.54) is 12.1 Å². The average molecular weight is 226 g/mol. The Bertz CT molecular complexity index is 428. The molecule has 0 bridgehead atoms. The molecule has 5 heteroatoms. The van der Waals surface area contributed by atoms with E-state index in [0.717, 1.165) is 6.07 Å². The summed E-state index contributed by atoms with van der Waals surface area (Å²) in [6.07, 6.45) is 0. The van der Waals surface area contributed by atoms with Crippen molar-refractivity contribution in [3.05, 3.63) is 29.6 Å². The summed E-state index contributed by atoms with van der Waals surface area (Å²) in [6.45, 7) is 2.45. The minimum Gasteiger partial charge on any atom is -0.237 e. The fourth-order valence-corrected chi connectivity index (χ4v) is 2.07. The molecular weight excluding hydrogens is 215 g/mol. The molecule has 0 aliphatic carbocycles. The van der Waals surface area contributed by atoms with E-state index in [1.54, 1.807) is 11.4 Å². The van der Waals surface area contributed by atoms with Crippen LogP contribution in [0.15, 0.2) is 23.1 Å². The molecule has 0 spiro atoms. The summed E-state index contributed by atoms with van der Waals surface area (Å²) in [5.74, 6) is -0.494. The van der Waals surface area contributed by atoms with Crippen molar-refractivity contribution in [2.45, 2.75) is 11.8 Å². The van der Waals surface area contributed by atoms with E-state index in [9.17, 15) is 8.60 Å². The van der Waals surface area contributed by atoms with Gasteiger partial charge in [0.1, 0.15) is 22.9 Å². The smallest absolute Gasteiger partial charge is 0.128 e. The predicted octanol–water partition coefficient (Wildman–Crippen LogP) is 1.67. The van der Waals surface area contributed by atoms with Gasteiger partial charge in [0.05, 0.1) is 10.5 Å². The van der Waals surface area contributed by atoms with E-state index >= 15 is 0 Å². The molecule has 0 fully saturated rings. The molecule has 80 valence electrons. The molecule has 0 heterocycles. The lowest BCUT2D eigenvalue weighted by atomic mass is 10.2. The Balaban J connectivity index is 3.15. The van der Waals surface area contributed by atoms with Gasteiger partial charge in [-0.2, -0.15) is 5.26 Å². The van der Waals surface area contributed by atoms with E-state index in [2.05, 4.69) is 0 Å². The number of halogens is 1. The van der Waals surface area contributed by atoms with Gasteiger partial charge < -0.3 is 0 Å². The second-order valence-electron chi connectivity index (χ2n) is 2.95. The van der Waals surface area contributed by atoms with Crippen LogP contribution in [0, 0.1) is 17.1 Å². The van der Waals surface area contributed by atoms with Gasteiger partial charge in [-0.3, -0.25) is 0 Å². The molecule has 0 aliphatic heterocycles. The molecule has 0 amide bonds. The molecule has 0 radical (unpaired) electrons. The molecule has 1 aromatic rings. The Morgan fingerprint density at radius 1 is 1.60 bits per heavy atom. The quantitative estimate of drug-likeness (QED) is 0.787. The number of nitriles is 1. The number of hydrogen-bond donors (Lipinski definition) is 0. The van der Waals surface area contributed by atoms with Gasteiger partial charge in [-0.15, -0.1) is 0 Å². The highest BCUT2D eigenvalue weighted by atomic mass is 32.2. The summed E-state index contributed by atoms with van der Waals surface area (Å²) >= 11 is 0. The van der Waals surface area contributed by atoms with Gasteiger partial charge in [-0.25, -0.2) is 12.9 Å². The SMILES string of the molecule is CCN(C)S(=O)c1ccc(F)cc1C#N. The molecule has 15 heavy (non-hydrogen) atoms. The predicted molar refractivity (Wildman–Crippen MR) is 55.8 cm³/mol. The minimum atomic E-state index is -1.40. The first-order chi connectivity index (χ1) is 7.10. The van der Waals surface area contributed by atoms with Crippen molar-refractivity contribution in [3.8, 4) is 6.07 Å². The first-order valence-electron chi connectivity index (χ1n) is 4.42. The largest absolute Gasteiger partial charge is 0.237 e. The van der Waals surface area contributed by atoms with Crippen LogP contribution in [-0.2, 0) is 11.0 Å². The van der Waals surface area contributed by atoms with Gasteiger partial charge in [0, 0.05) is 13.6 Å². The Morgan fingerprint density at radius 2 is 2.27 bits per heavy atom. The van der Waals surface area contributed by atoms with Crippen molar-refractivity contribution in [3.63, 3.8) is 0 Å². The summed E-state index contributed by atoms with van der Waals surface area (Å²) in [5.41, 5.74) is 0.119. The van der Waals surface area contributed by atoms with Crippen LogP contribution in [0.1, 0.15) is 12.5 Å². The molecule has 1 rings (SSSR count). The maximum atomic E-state index is 12.8. The average Bonchev–Trinajstić information content (AvgIpc) is 2.26. The van der Waals surface area contributed by atoms with Crippen LogP contribution in [0.4, 0.5) is 4.39 Å². The maximum absolute atomic E-state index is 12.8. The third kappa shape index (κ3) is 2.61. The lowest BCUT2D eigenvalue weighted by molar-refractivity contribution is 0.547. The van der Waals surface area contributed by atoms with Crippen molar-refractivity contribution < 1.29 is 8.60 Å².